The summed E-state index contributed by atoms with van der Waals surface area (Å²) in [6.07, 6.45) is 4.68. The molecule has 0 radical (unpaired) electrons. The van der Waals surface area contributed by atoms with E-state index in [9.17, 15) is 22.1 Å². The van der Waals surface area contributed by atoms with Crippen LogP contribution in [0, 0.1) is 11.3 Å². The average molecular weight is 424 g/mol. The van der Waals surface area contributed by atoms with E-state index in [0.29, 0.717) is 25.1 Å². The van der Waals surface area contributed by atoms with Crippen molar-refractivity contribution >= 4 is 25.5 Å². The Balaban J connectivity index is 1.90. The monoisotopic (exact) mass is 423 g/mol. The molecule has 0 aliphatic carbocycles. The maximum atomic E-state index is 12.3. The SMILES string of the molecule is Cn1cncc1CN1CC(NS(=O)(=O)CS(C)(=O)=O)Cc2cc(C#N)ccc21. The predicted octanol–water partition coefficient (Wildman–Crippen LogP) is 0.145. The third-order valence-corrected chi connectivity index (χ3v) is 8.09. The lowest BCUT2D eigenvalue weighted by Gasteiger charge is -2.36. The van der Waals surface area contributed by atoms with Crippen molar-refractivity contribution in [1.29, 1.82) is 5.26 Å². The van der Waals surface area contributed by atoms with Crippen molar-refractivity contribution in [2.75, 3.05) is 22.8 Å². The van der Waals surface area contributed by atoms with E-state index in [2.05, 4.69) is 15.8 Å². The highest BCUT2D eigenvalue weighted by atomic mass is 32.3. The van der Waals surface area contributed by atoms with Crippen LogP contribution in [0.15, 0.2) is 30.7 Å². The molecule has 1 aliphatic heterocycles. The quantitative estimate of drug-likeness (QED) is 0.701. The number of aromatic nitrogens is 2. The first-order valence-electron chi connectivity index (χ1n) is 8.47. The fraction of sp³-hybridized carbons (Fsp3) is 0.412. The second-order valence-corrected chi connectivity index (χ2v) is 11.3. The summed E-state index contributed by atoms with van der Waals surface area (Å²) in [6.45, 7) is 0.868. The van der Waals surface area contributed by atoms with Crippen LogP contribution < -0.4 is 9.62 Å². The molecule has 1 aromatic carbocycles. The zero-order valence-corrected chi connectivity index (χ0v) is 17.2. The minimum Gasteiger partial charge on any atom is -0.364 e. The van der Waals surface area contributed by atoms with E-state index in [0.717, 1.165) is 23.2 Å². The Hall–Kier alpha value is -2.42. The van der Waals surface area contributed by atoms with Gasteiger partial charge >= 0.3 is 0 Å². The van der Waals surface area contributed by atoms with Gasteiger partial charge in [0.15, 0.2) is 14.9 Å². The molecule has 2 aromatic rings. The molecule has 11 heteroatoms. The number of nitriles is 1. The number of aryl methyl sites for hydroxylation is 1. The molecule has 150 valence electrons. The van der Waals surface area contributed by atoms with Crippen molar-refractivity contribution < 1.29 is 16.8 Å². The second-order valence-electron chi connectivity index (χ2n) is 7.01. The highest BCUT2D eigenvalue weighted by Crippen LogP contribution is 2.29. The molecule has 9 nitrogen and oxygen atoms in total. The molecule has 1 N–H and O–H groups in total. The largest absolute Gasteiger partial charge is 0.364 e. The number of sulfone groups is 1. The van der Waals surface area contributed by atoms with Crippen LogP contribution in [0.4, 0.5) is 5.69 Å². The van der Waals surface area contributed by atoms with Gasteiger partial charge in [-0.05, 0) is 30.2 Å². The van der Waals surface area contributed by atoms with Gasteiger partial charge in [0.1, 0.15) is 0 Å². The smallest absolute Gasteiger partial charge is 0.226 e. The van der Waals surface area contributed by atoms with Crippen LogP contribution in [-0.2, 0) is 39.9 Å². The van der Waals surface area contributed by atoms with Crippen molar-refractivity contribution in [3.8, 4) is 6.07 Å². The number of rotatable bonds is 6. The lowest BCUT2D eigenvalue weighted by molar-refractivity contribution is 0.524. The third kappa shape index (κ3) is 4.89. The number of benzene rings is 1. The molecule has 0 saturated carbocycles. The summed E-state index contributed by atoms with van der Waals surface area (Å²) in [5.74, 6) is 0. The van der Waals surface area contributed by atoms with Crippen molar-refractivity contribution in [1.82, 2.24) is 14.3 Å². The summed E-state index contributed by atoms with van der Waals surface area (Å²) in [5.41, 5.74) is 3.17. The zero-order chi connectivity index (χ0) is 20.5. The van der Waals surface area contributed by atoms with Crippen molar-refractivity contribution in [3.63, 3.8) is 0 Å². The van der Waals surface area contributed by atoms with Gasteiger partial charge in [0.25, 0.3) is 0 Å². The van der Waals surface area contributed by atoms with Crippen molar-refractivity contribution in [2.24, 2.45) is 7.05 Å². The Kier molecular flexibility index (Phi) is 5.47. The number of fused-ring (bicyclic) bond motifs is 1. The Labute approximate surface area is 164 Å². The molecule has 3 rings (SSSR count). The number of nitrogens with zero attached hydrogens (tertiary/aromatic N) is 4. The van der Waals surface area contributed by atoms with Crippen LogP contribution in [0.1, 0.15) is 16.8 Å². The van der Waals surface area contributed by atoms with E-state index in [1.165, 1.54) is 0 Å². The first-order chi connectivity index (χ1) is 13.1. The van der Waals surface area contributed by atoms with Crippen molar-refractivity contribution in [3.05, 3.63) is 47.5 Å². The average Bonchev–Trinajstić information content (AvgIpc) is 2.96. The zero-order valence-electron chi connectivity index (χ0n) is 15.5. The van der Waals surface area contributed by atoms with E-state index in [-0.39, 0.29) is 0 Å². The highest BCUT2D eigenvalue weighted by Gasteiger charge is 2.29. The van der Waals surface area contributed by atoms with Gasteiger partial charge in [0.05, 0.1) is 30.2 Å². The number of hydrogen-bond donors (Lipinski definition) is 1. The number of anilines is 1. The van der Waals surface area contributed by atoms with E-state index >= 15 is 0 Å². The lowest BCUT2D eigenvalue weighted by atomic mass is 9.96. The van der Waals surface area contributed by atoms with Crippen LogP contribution in [0.25, 0.3) is 0 Å². The molecule has 0 spiro atoms. The molecule has 1 atom stereocenters. The van der Waals surface area contributed by atoms with Gasteiger partial charge < -0.3 is 9.47 Å². The predicted molar refractivity (Wildman–Crippen MR) is 105 cm³/mol. The third-order valence-electron chi connectivity index (χ3n) is 4.44. The second kappa shape index (κ2) is 7.54. The normalized spacial score (nSPS) is 17.2. The minimum atomic E-state index is -4.00. The van der Waals surface area contributed by atoms with Crippen LogP contribution in [-0.4, -0.2) is 50.3 Å². The van der Waals surface area contributed by atoms with Gasteiger partial charge in [-0.1, -0.05) is 0 Å². The summed E-state index contributed by atoms with van der Waals surface area (Å²) in [5, 5.41) is 8.22. The summed E-state index contributed by atoms with van der Waals surface area (Å²) < 4.78 is 51.7. The fourth-order valence-corrected chi connectivity index (χ4v) is 6.54. The molecule has 1 aromatic heterocycles. The molecule has 0 fully saturated rings. The Morgan fingerprint density at radius 3 is 2.68 bits per heavy atom. The summed E-state index contributed by atoms with van der Waals surface area (Å²) >= 11 is 0. The molecular formula is C17H21N5O4S2. The number of imidazole rings is 1. The van der Waals surface area contributed by atoms with E-state index in [4.69, 9.17) is 0 Å². The standard InChI is InChI=1S/C17H21N5O4S2/c1-21-11-19-8-16(21)10-22-9-15(20-28(25,26)12-27(2,23)24)6-14-5-13(7-18)3-4-17(14)22/h3-5,8,11,15,20H,6,9-10,12H2,1-2H3. The molecule has 28 heavy (non-hydrogen) atoms. The maximum absolute atomic E-state index is 12.3. The Morgan fingerprint density at radius 1 is 1.32 bits per heavy atom. The van der Waals surface area contributed by atoms with Gasteiger partial charge in [-0.2, -0.15) is 5.26 Å². The molecule has 0 saturated heterocycles. The topological polar surface area (TPSA) is 125 Å². The van der Waals surface area contributed by atoms with E-state index < -0.39 is 31.0 Å². The molecule has 0 bridgehead atoms. The number of hydrogen-bond acceptors (Lipinski definition) is 7. The van der Waals surface area contributed by atoms with Gasteiger partial charge in [-0.25, -0.2) is 26.5 Å². The van der Waals surface area contributed by atoms with Crippen LogP contribution in [0.3, 0.4) is 0 Å². The summed E-state index contributed by atoms with van der Waals surface area (Å²) in [7, 11) is -5.81. The molecular weight excluding hydrogens is 402 g/mol. The molecule has 1 unspecified atom stereocenters. The fourth-order valence-electron chi connectivity index (χ4n) is 3.35. The van der Waals surface area contributed by atoms with Gasteiger partial charge in [-0.3, -0.25) is 0 Å². The first kappa shape index (κ1) is 20.3. The number of sulfonamides is 1. The molecule has 2 heterocycles. The van der Waals surface area contributed by atoms with Gasteiger partial charge in [0.2, 0.25) is 10.0 Å². The Morgan fingerprint density at radius 2 is 2.07 bits per heavy atom. The van der Waals surface area contributed by atoms with Crippen LogP contribution in [0.2, 0.25) is 0 Å². The summed E-state index contributed by atoms with van der Waals surface area (Å²) in [6, 6.07) is 6.89. The van der Waals surface area contributed by atoms with Gasteiger partial charge in [-0.15, -0.1) is 0 Å². The maximum Gasteiger partial charge on any atom is 0.226 e. The molecule has 1 aliphatic rings. The summed E-state index contributed by atoms with van der Waals surface area (Å²) in [4.78, 5) is 6.11. The number of nitrogens with one attached hydrogen (secondary N) is 1. The minimum absolute atomic E-state index is 0.368. The van der Waals surface area contributed by atoms with E-state index in [1.807, 2.05) is 22.6 Å². The van der Waals surface area contributed by atoms with Crippen LogP contribution in [0.5, 0.6) is 0 Å². The van der Waals surface area contributed by atoms with E-state index in [1.54, 1.807) is 24.7 Å². The van der Waals surface area contributed by atoms with Gasteiger partial charge in [0, 0.05) is 37.8 Å². The Bertz CT molecular complexity index is 1130. The molecule has 0 amide bonds. The lowest BCUT2D eigenvalue weighted by Crippen LogP contribution is -2.49. The highest BCUT2D eigenvalue weighted by molar-refractivity contribution is 8.06. The first-order valence-corrected chi connectivity index (χ1v) is 12.2. The van der Waals surface area contributed by atoms with Crippen LogP contribution >= 0.6 is 0 Å². The van der Waals surface area contributed by atoms with Crippen molar-refractivity contribution in [2.45, 2.75) is 19.0 Å².